The fourth-order valence-electron chi connectivity index (χ4n) is 6.03. The van der Waals surface area contributed by atoms with Gasteiger partial charge in [0, 0.05) is 27.5 Å². The minimum Gasteiger partial charge on any atom is -0.507 e. The predicted octanol–water partition coefficient (Wildman–Crippen LogP) is 10.2. The van der Waals surface area contributed by atoms with Gasteiger partial charge >= 0.3 is 10.1 Å². The SMILES string of the molecule is CCCCCCCOCc1cc(CO)c(O)c(C(O)c2ccccc2-c2ccc(Sc3ccc(OCCCC)cc3)c(S(=O)(=O)Oc3ccccc3)c2)c1. The van der Waals surface area contributed by atoms with Crippen molar-refractivity contribution >= 4 is 21.9 Å². The minimum absolute atomic E-state index is 0.0410. The molecule has 0 aliphatic heterocycles. The van der Waals surface area contributed by atoms with Crippen molar-refractivity contribution in [1.29, 1.82) is 0 Å². The van der Waals surface area contributed by atoms with Crippen LogP contribution in [-0.4, -0.2) is 37.0 Å². The molecule has 0 radical (unpaired) electrons. The van der Waals surface area contributed by atoms with Gasteiger partial charge in [0.2, 0.25) is 0 Å². The van der Waals surface area contributed by atoms with Crippen molar-refractivity contribution in [1.82, 2.24) is 0 Å². The van der Waals surface area contributed by atoms with Crippen LogP contribution in [0.4, 0.5) is 0 Å². The van der Waals surface area contributed by atoms with E-state index in [0.29, 0.717) is 40.4 Å². The van der Waals surface area contributed by atoms with Gasteiger partial charge in [0.05, 0.1) is 19.8 Å². The third-order valence-corrected chi connectivity index (χ3v) is 11.5. The predicted molar refractivity (Wildman–Crippen MR) is 214 cm³/mol. The summed E-state index contributed by atoms with van der Waals surface area (Å²) in [4.78, 5) is 1.23. The summed E-state index contributed by atoms with van der Waals surface area (Å²) >= 11 is 1.29. The molecule has 0 aliphatic rings. The van der Waals surface area contributed by atoms with Crippen molar-refractivity contribution in [2.75, 3.05) is 13.2 Å². The quantitative estimate of drug-likeness (QED) is 0.0494. The Balaban J connectivity index is 1.48. The van der Waals surface area contributed by atoms with E-state index >= 15 is 0 Å². The number of rotatable bonds is 21. The number of hydrogen-bond donors (Lipinski definition) is 3. The van der Waals surface area contributed by atoms with Crippen molar-refractivity contribution in [3.05, 3.63) is 131 Å². The highest BCUT2D eigenvalue weighted by atomic mass is 32.2. The number of benzene rings is 5. The van der Waals surface area contributed by atoms with Crippen molar-refractivity contribution in [3.63, 3.8) is 0 Å². The summed E-state index contributed by atoms with van der Waals surface area (Å²) in [5.41, 5.74) is 2.73. The lowest BCUT2D eigenvalue weighted by Gasteiger charge is -2.20. The molecule has 54 heavy (non-hydrogen) atoms. The summed E-state index contributed by atoms with van der Waals surface area (Å²) in [6.07, 6.45) is 6.25. The largest absolute Gasteiger partial charge is 0.507 e. The van der Waals surface area contributed by atoms with Crippen LogP contribution in [0, 0.1) is 0 Å². The van der Waals surface area contributed by atoms with Crippen molar-refractivity contribution < 1.29 is 37.4 Å². The molecule has 5 rings (SSSR count). The van der Waals surface area contributed by atoms with E-state index in [1.165, 1.54) is 31.0 Å². The lowest BCUT2D eigenvalue weighted by molar-refractivity contribution is 0.116. The molecular formula is C44H50O8S2. The molecule has 0 saturated carbocycles. The molecule has 286 valence electrons. The molecule has 5 aromatic carbocycles. The third-order valence-electron chi connectivity index (χ3n) is 8.95. The van der Waals surface area contributed by atoms with Crippen LogP contribution in [0.1, 0.15) is 87.2 Å². The van der Waals surface area contributed by atoms with E-state index in [2.05, 4.69) is 13.8 Å². The molecule has 0 aromatic heterocycles. The fourth-order valence-corrected chi connectivity index (χ4v) is 8.32. The highest BCUT2D eigenvalue weighted by Gasteiger charge is 2.26. The molecule has 5 aromatic rings. The van der Waals surface area contributed by atoms with E-state index in [4.69, 9.17) is 13.7 Å². The number of hydrogen-bond acceptors (Lipinski definition) is 9. The van der Waals surface area contributed by atoms with E-state index in [-0.39, 0.29) is 34.1 Å². The molecule has 1 unspecified atom stereocenters. The number of aliphatic hydroxyl groups is 2. The lowest BCUT2D eigenvalue weighted by atomic mass is 9.90. The summed E-state index contributed by atoms with van der Waals surface area (Å²) in [7, 11) is -4.33. The molecule has 0 fully saturated rings. The summed E-state index contributed by atoms with van der Waals surface area (Å²) in [6.45, 7) is 5.34. The first kappa shape index (κ1) is 40.9. The van der Waals surface area contributed by atoms with Crippen LogP contribution in [0.3, 0.4) is 0 Å². The van der Waals surface area contributed by atoms with Gasteiger partial charge in [-0.1, -0.05) is 106 Å². The molecule has 0 aliphatic carbocycles. The molecular weight excluding hydrogens is 721 g/mol. The van der Waals surface area contributed by atoms with Crippen LogP contribution in [0.25, 0.3) is 11.1 Å². The van der Waals surface area contributed by atoms with Gasteiger partial charge in [-0.2, -0.15) is 8.42 Å². The number of phenols is 1. The zero-order chi connectivity index (χ0) is 38.3. The van der Waals surface area contributed by atoms with E-state index < -0.39 is 22.8 Å². The topological polar surface area (TPSA) is 123 Å². The van der Waals surface area contributed by atoms with Gasteiger partial charge in [0.15, 0.2) is 0 Å². The van der Waals surface area contributed by atoms with Gasteiger partial charge in [-0.3, -0.25) is 0 Å². The van der Waals surface area contributed by atoms with Crippen molar-refractivity contribution in [2.24, 2.45) is 0 Å². The standard InChI is InChI=1S/C44H50O8S2/c1-3-5-7-8-14-25-50-31-32-27-34(30-45)43(46)40(28-32)44(47)39-18-13-12-17-38(39)33-19-24-41(53-37-22-20-35(21-23-37)51-26-6-4-2)42(29-33)54(48,49)52-36-15-10-9-11-16-36/h9-13,15-24,27-29,44-47H,3-8,14,25-26,30-31H2,1-2H3. The summed E-state index contributed by atoms with van der Waals surface area (Å²) in [5.74, 6) is 0.710. The zero-order valence-corrected chi connectivity index (χ0v) is 32.6. The molecule has 3 N–H and O–H groups in total. The maximum Gasteiger partial charge on any atom is 0.340 e. The molecule has 10 heteroatoms. The van der Waals surface area contributed by atoms with Gasteiger partial charge < -0.3 is 29.0 Å². The summed E-state index contributed by atoms with van der Waals surface area (Å²) in [5, 5.41) is 33.1. The average molecular weight is 771 g/mol. The normalized spacial score (nSPS) is 12.1. The number of aliphatic hydroxyl groups excluding tert-OH is 2. The molecule has 0 amide bonds. The van der Waals surface area contributed by atoms with Gasteiger partial charge in [0.25, 0.3) is 0 Å². The highest BCUT2D eigenvalue weighted by Crippen LogP contribution is 2.41. The number of aromatic hydroxyl groups is 1. The summed E-state index contributed by atoms with van der Waals surface area (Å²) in [6, 6.07) is 31.4. The first-order valence-electron chi connectivity index (χ1n) is 18.6. The van der Waals surface area contributed by atoms with Gasteiger partial charge in [-0.15, -0.1) is 0 Å². The Labute approximate surface area is 323 Å². The molecule has 1 atom stereocenters. The van der Waals surface area contributed by atoms with Crippen LogP contribution in [-0.2, 0) is 28.1 Å². The van der Waals surface area contributed by atoms with Gasteiger partial charge in [0.1, 0.15) is 28.2 Å². The number of ether oxygens (including phenoxy) is 2. The Kier molecular flexibility index (Phi) is 15.4. The Morgan fingerprint density at radius 3 is 2.19 bits per heavy atom. The van der Waals surface area contributed by atoms with Crippen molar-refractivity contribution in [2.45, 2.75) is 92.8 Å². The molecule has 8 nitrogen and oxygen atoms in total. The maximum atomic E-state index is 14.0. The Bertz CT molecular complexity index is 2030. The first-order chi connectivity index (χ1) is 26.2. The average Bonchev–Trinajstić information content (AvgIpc) is 3.19. The number of unbranched alkanes of at least 4 members (excludes halogenated alkanes) is 5. The van der Waals surface area contributed by atoms with Gasteiger partial charge in [-0.25, -0.2) is 0 Å². The van der Waals surface area contributed by atoms with Crippen LogP contribution >= 0.6 is 11.8 Å². The molecule has 0 spiro atoms. The van der Waals surface area contributed by atoms with Crippen molar-refractivity contribution in [3.8, 4) is 28.4 Å². The second kappa shape index (κ2) is 20.4. The first-order valence-corrected chi connectivity index (χ1v) is 20.8. The second-order valence-corrected chi connectivity index (χ2v) is 15.7. The molecule has 0 bridgehead atoms. The fraction of sp³-hybridized carbons (Fsp3) is 0.318. The smallest absolute Gasteiger partial charge is 0.340 e. The monoisotopic (exact) mass is 770 g/mol. The van der Waals surface area contributed by atoms with Crippen LogP contribution in [0.15, 0.2) is 124 Å². The van der Waals surface area contributed by atoms with Gasteiger partial charge in [-0.05, 0) is 95.8 Å². The van der Waals surface area contributed by atoms with Crippen LogP contribution < -0.4 is 8.92 Å². The maximum absolute atomic E-state index is 14.0. The Morgan fingerprint density at radius 2 is 1.44 bits per heavy atom. The highest BCUT2D eigenvalue weighted by molar-refractivity contribution is 8.00. The lowest BCUT2D eigenvalue weighted by Crippen LogP contribution is -2.11. The Hall–Kier alpha value is -4.32. The zero-order valence-electron chi connectivity index (χ0n) is 30.9. The minimum atomic E-state index is -4.33. The molecule has 0 saturated heterocycles. The third kappa shape index (κ3) is 11.1. The van der Waals surface area contributed by atoms with E-state index in [1.54, 1.807) is 84.9 Å². The second-order valence-electron chi connectivity index (χ2n) is 13.1. The van der Waals surface area contributed by atoms with E-state index in [1.807, 2.05) is 24.3 Å². The van der Waals surface area contributed by atoms with Crippen LogP contribution in [0.5, 0.6) is 17.2 Å². The van der Waals surface area contributed by atoms with Crippen LogP contribution in [0.2, 0.25) is 0 Å². The summed E-state index contributed by atoms with van der Waals surface area (Å²) < 4.78 is 45.3. The molecule has 0 heterocycles. The number of para-hydroxylation sites is 1. The van der Waals surface area contributed by atoms with E-state index in [9.17, 15) is 23.7 Å². The Morgan fingerprint density at radius 1 is 0.722 bits per heavy atom. The van der Waals surface area contributed by atoms with E-state index in [0.717, 1.165) is 36.3 Å².